The van der Waals surface area contributed by atoms with Crippen LogP contribution in [-0.4, -0.2) is 49.0 Å². The van der Waals surface area contributed by atoms with Crippen LogP contribution in [0.25, 0.3) is 22.3 Å². The van der Waals surface area contributed by atoms with Crippen molar-refractivity contribution in [2.75, 3.05) is 18.0 Å². The number of aryl methyl sites for hydroxylation is 1. The molecule has 0 bridgehead atoms. The number of aromatic amines is 1. The van der Waals surface area contributed by atoms with E-state index < -0.39 is 0 Å². The molecular weight excluding hydrogens is 382 g/mol. The molecule has 9 nitrogen and oxygen atoms in total. The summed E-state index contributed by atoms with van der Waals surface area (Å²) in [5.41, 5.74) is 2.50. The molecule has 0 atom stereocenters. The van der Waals surface area contributed by atoms with Crippen molar-refractivity contribution in [1.29, 1.82) is 0 Å². The lowest BCUT2D eigenvalue weighted by Gasteiger charge is -2.37. The van der Waals surface area contributed by atoms with Gasteiger partial charge in [-0.25, -0.2) is 9.97 Å². The van der Waals surface area contributed by atoms with Gasteiger partial charge < -0.3 is 14.2 Å². The van der Waals surface area contributed by atoms with Crippen LogP contribution in [0.4, 0.5) is 5.82 Å². The Bertz CT molecular complexity index is 1240. The lowest BCUT2D eigenvalue weighted by atomic mass is 10.00. The first-order valence-electron chi connectivity index (χ1n) is 10.1. The fourth-order valence-electron chi connectivity index (χ4n) is 3.76. The third-order valence-corrected chi connectivity index (χ3v) is 5.85. The molecule has 4 heterocycles. The number of hydrogen-bond donors (Lipinski definition) is 1. The van der Waals surface area contributed by atoms with E-state index in [1.165, 1.54) is 0 Å². The lowest BCUT2D eigenvalue weighted by molar-refractivity contribution is 0.200. The van der Waals surface area contributed by atoms with E-state index in [1.54, 1.807) is 6.33 Å². The molecule has 1 aliphatic carbocycles. The maximum Gasteiger partial charge on any atom is 0.233 e. The third-order valence-electron chi connectivity index (χ3n) is 5.85. The van der Waals surface area contributed by atoms with Gasteiger partial charge in [-0.1, -0.05) is 5.16 Å². The van der Waals surface area contributed by atoms with Crippen LogP contribution in [0.3, 0.4) is 0 Å². The van der Waals surface area contributed by atoms with Crippen LogP contribution < -0.4 is 9.64 Å². The summed E-state index contributed by atoms with van der Waals surface area (Å²) in [5.74, 6) is 3.31. The van der Waals surface area contributed by atoms with Crippen molar-refractivity contribution >= 4 is 16.7 Å². The zero-order chi connectivity index (χ0) is 20.3. The molecular formula is C21H21N7O2. The first kappa shape index (κ1) is 17.4. The van der Waals surface area contributed by atoms with E-state index in [1.807, 2.05) is 31.2 Å². The van der Waals surface area contributed by atoms with E-state index in [4.69, 9.17) is 9.26 Å². The Morgan fingerprint density at radius 2 is 2.07 bits per heavy atom. The van der Waals surface area contributed by atoms with E-state index in [0.29, 0.717) is 11.7 Å². The van der Waals surface area contributed by atoms with E-state index in [0.717, 1.165) is 59.8 Å². The molecule has 1 aliphatic heterocycles. The van der Waals surface area contributed by atoms with E-state index in [9.17, 15) is 0 Å². The highest BCUT2D eigenvalue weighted by atomic mass is 16.5. The molecule has 152 valence electrons. The number of nitrogens with one attached hydrogen (secondary N) is 1. The number of ether oxygens (including phenoxy) is 1. The maximum absolute atomic E-state index is 6.12. The van der Waals surface area contributed by atoms with Crippen molar-refractivity contribution < 1.29 is 9.26 Å². The summed E-state index contributed by atoms with van der Waals surface area (Å²) >= 11 is 0. The van der Waals surface area contributed by atoms with Crippen molar-refractivity contribution in [3.63, 3.8) is 0 Å². The van der Waals surface area contributed by atoms with Crippen molar-refractivity contribution in [2.24, 2.45) is 0 Å². The highest BCUT2D eigenvalue weighted by Crippen LogP contribution is 2.40. The Morgan fingerprint density at radius 1 is 1.20 bits per heavy atom. The summed E-state index contributed by atoms with van der Waals surface area (Å²) in [4.78, 5) is 15.4. The van der Waals surface area contributed by atoms with Gasteiger partial charge in [-0.05, 0) is 44.9 Å². The standard InChI is InChI=1S/C21H21N7O2/c1-12-24-20(30-27-12)13-9-28(10-13)18-8-17(22-11-23-18)19-15-7-14(29-21(2)5-6-21)3-4-16(15)25-26-19/h3-4,7-8,11,13H,5-6,9-10H2,1-2H3,(H,25,26). The summed E-state index contributed by atoms with van der Waals surface area (Å²) in [6, 6.07) is 8.00. The fraction of sp³-hybridized carbons (Fsp3) is 0.381. The first-order chi connectivity index (χ1) is 14.6. The Labute approximate surface area is 172 Å². The molecule has 6 rings (SSSR count). The van der Waals surface area contributed by atoms with Crippen LogP contribution in [0.5, 0.6) is 5.75 Å². The van der Waals surface area contributed by atoms with Gasteiger partial charge in [0.1, 0.15) is 29.2 Å². The average molecular weight is 403 g/mol. The second-order valence-electron chi connectivity index (χ2n) is 8.37. The Balaban J connectivity index is 1.26. The van der Waals surface area contributed by atoms with Crippen LogP contribution in [0.1, 0.15) is 37.4 Å². The molecule has 3 aromatic heterocycles. The largest absolute Gasteiger partial charge is 0.488 e. The van der Waals surface area contributed by atoms with Crippen LogP contribution in [0.15, 0.2) is 35.1 Å². The molecule has 0 amide bonds. The van der Waals surface area contributed by atoms with Gasteiger partial charge >= 0.3 is 0 Å². The number of nitrogens with zero attached hydrogens (tertiary/aromatic N) is 6. The summed E-state index contributed by atoms with van der Waals surface area (Å²) in [6.07, 6.45) is 3.78. The average Bonchev–Trinajstić information content (AvgIpc) is 3.09. The van der Waals surface area contributed by atoms with E-state index in [-0.39, 0.29) is 11.5 Å². The molecule has 0 radical (unpaired) electrons. The molecule has 1 saturated carbocycles. The minimum Gasteiger partial charge on any atom is -0.488 e. The summed E-state index contributed by atoms with van der Waals surface area (Å²) < 4.78 is 11.4. The van der Waals surface area contributed by atoms with Crippen LogP contribution in [0.2, 0.25) is 0 Å². The summed E-state index contributed by atoms with van der Waals surface area (Å²) in [5, 5.41) is 12.5. The van der Waals surface area contributed by atoms with Gasteiger partial charge in [0.05, 0.1) is 17.1 Å². The Hall–Kier alpha value is -3.49. The van der Waals surface area contributed by atoms with Gasteiger partial charge in [-0.2, -0.15) is 10.1 Å². The van der Waals surface area contributed by atoms with Gasteiger partial charge in [0, 0.05) is 24.5 Å². The van der Waals surface area contributed by atoms with Crippen molar-refractivity contribution in [3.8, 4) is 17.1 Å². The number of hydrogen-bond acceptors (Lipinski definition) is 8. The molecule has 1 saturated heterocycles. The van der Waals surface area contributed by atoms with Crippen LogP contribution in [-0.2, 0) is 0 Å². The van der Waals surface area contributed by atoms with Crippen molar-refractivity contribution in [1.82, 2.24) is 30.3 Å². The molecule has 2 aliphatic rings. The fourth-order valence-corrected chi connectivity index (χ4v) is 3.76. The highest BCUT2D eigenvalue weighted by molar-refractivity contribution is 5.93. The van der Waals surface area contributed by atoms with Gasteiger partial charge in [-0.15, -0.1) is 0 Å². The second kappa shape index (κ2) is 6.25. The zero-order valence-corrected chi connectivity index (χ0v) is 16.8. The van der Waals surface area contributed by atoms with Crippen LogP contribution >= 0.6 is 0 Å². The molecule has 2 fully saturated rings. The maximum atomic E-state index is 6.12. The van der Waals surface area contributed by atoms with Gasteiger partial charge in [0.15, 0.2) is 5.82 Å². The minimum atomic E-state index is -0.0232. The topological polar surface area (TPSA) is 106 Å². The SMILES string of the molecule is Cc1noc(C2CN(c3cc(-c4n[nH]c5ccc(OC6(C)CC6)cc45)ncn3)C2)n1. The lowest BCUT2D eigenvalue weighted by Crippen LogP contribution is -2.45. The highest BCUT2D eigenvalue weighted by Gasteiger charge is 2.40. The zero-order valence-electron chi connectivity index (χ0n) is 16.8. The van der Waals surface area contributed by atoms with Crippen molar-refractivity contribution in [2.45, 2.75) is 38.2 Å². The summed E-state index contributed by atoms with van der Waals surface area (Å²) in [7, 11) is 0. The monoisotopic (exact) mass is 403 g/mol. The first-order valence-corrected chi connectivity index (χ1v) is 10.1. The van der Waals surface area contributed by atoms with Gasteiger partial charge in [0.2, 0.25) is 5.89 Å². The number of rotatable bonds is 5. The number of H-pyrrole nitrogens is 1. The van der Waals surface area contributed by atoms with E-state index >= 15 is 0 Å². The predicted molar refractivity (Wildman–Crippen MR) is 109 cm³/mol. The second-order valence-corrected chi connectivity index (χ2v) is 8.37. The number of fused-ring (bicyclic) bond motifs is 1. The molecule has 1 aromatic carbocycles. The smallest absolute Gasteiger partial charge is 0.233 e. The number of anilines is 1. The molecule has 1 N–H and O–H groups in total. The molecule has 9 heteroatoms. The molecule has 0 spiro atoms. The van der Waals surface area contributed by atoms with Gasteiger partial charge in [-0.3, -0.25) is 5.10 Å². The number of benzene rings is 1. The predicted octanol–water partition coefficient (Wildman–Crippen LogP) is 3.25. The minimum absolute atomic E-state index is 0.0232. The molecule has 4 aromatic rings. The molecule has 0 unspecified atom stereocenters. The normalized spacial score (nSPS) is 17.9. The Kier molecular flexibility index (Phi) is 3.62. The van der Waals surface area contributed by atoms with Crippen LogP contribution in [0, 0.1) is 6.92 Å². The third kappa shape index (κ3) is 2.97. The van der Waals surface area contributed by atoms with E-state index in [2.05, 4.69) is 42.1 Å². The van der Waals surface area contributed by atoms with Crippen molar-refractivity contribution in [3.05, 3.63) is 42.3 Å². The van der Waals surface area contributed by atoms with Gasteiger partial charge in [0.25, 0.3) is 0 Å². The number of aromatic nitrogens is 6. The Morgan fingerprint density at radius 3 is 2.83 bits per heavy atom. The summed E-state index contributed by atoms with van der Waals surface area (Å²) in [6.45, 7) is 5.54. The molecule has 30 heavy (non-hydrogen) atoms. The quantitative estimate of drug-likeness (QED) is 0.541.